The van der Waals surface area contributed by atoms with E-state index in [0.29, 0.717) is 11.6 Å². The van der Waals surface area contributed by atoms with Gasteiger partial charge in [-0.2, -0.15) is 8.78 Å². The second-order valence-corrected chi connectivity index (χ2v) is 6.55. The molecule has 1 heterocycles. The summed E-state index contributed by atoms with van der Waals surface area (Å²) >= 11 is 0. The van der Waals surface area contributed by atoms with Gasteiger partial charge in [0.1, 0.15) is 11.4 Å². The molecule has 0 N–H and O–H groups in total. The Balaban J connectivity index is 2.22. The van der Waals surface area contributed by atoms with Crippen LogP contribution in [0.25, 0.3) is 5.57 Å². The molecule has 138 valence electrons. The summed E-state index contributed by atoms with van der Waals surface area (Å²) in [4.78, 5) is 13.4. The van der Waals surface area contributed by atoms with Crippen LogP contribution in [0.5, 0.6) is 5.75 Å². The van der Waals surface area contributed by atoms with Crippen molar-refractivity contribution in [2.75, 3.05) is 13.1 Å². The summed E-state index contributed by atoms with van der Waals surface area (Å²) < 4.78 is 61.8. The van der Waals surface area contributed by atoms with Crippen LogP contribution in [0.3, 0.4) is 0 Å². The molecule has 1 aromatic carbocycles. The molecule has 0 atom stereocenters. The minimum atomic E-state index is -3.24. The number of hydrogen-bond acceptors (Lipinski definition) is 3. The van der Waals surface area contributed by atoms with E-state index < -0.39 is 35.7 Å². The van der Waals surface area contributed by atoms with Gasteiger partial charge >= 0.3 is 12.7 Å². The van der Waals surface area contributed by atoms with Crippen LogP contribution in [0.15, 0.2) is 18.2 Å². The average molecular weight is 361 g/mol. The van der Waals surface area contributed by atoms with Crippen molar-refractivity contribution >= 4 is 11.7 Å². The predicted molar refractivity (Wildman–Crippen MR) is 83.4 cm³/mol. The number of rotatable bonds is 3. The number of benzene rings is 1. The highest BCUT2D eigenvalue weighted by atomic mass is 19.3. The third kappa shape index (κ3) is 5.11. The molecule has 0 saturated carbocycles. The zero-order chi connectivity index (χ0) is 18.8. The van der Waals surface area contributed by atoms with Crippen LogP contribution in [0.2, 0.25) is 0 Å². The van der Waals surface area contributed by atoms with E-state index >= 15 is 0 Å². The molecular weight excluding hydrogens is 342 g/mol. The summed E-state index contributed by atoms with van der Waals surface area (Å²) in [5.74, 6) is -2.80. The molecule has 0 fully saturated rings. The normalized spacial score (nSPS) is 15.2. The molecule has 0 spiro atoms. The maximum atomic E-state index is 13.8. The Kier molecular flexibility index (Phi) is 5.59. The molecule has 8 heteroatoms. The second-order valence-electron chi connectivity index (χ2n) is 6.55. The van der Waals surface area contributed by atoms with Gasteiger partial charge in [0.15, 0.2) is 11.6 Å². The van der Waals surface area contributed by atoms with Gasteiger partial charge in [-0.15, -0.1) is 0 Å². The van der Waals surface area contributed by atoms with Gasteiger partial charge < -0.3 is 14.4 Å². The Morgan fingerprint density at radius 1 is 1.24 bits per heavy atom. The van der Waals surface area contributed by atoms with Gasteiger partial charge in [0, 0.05) is 24.7 Å². The number of alkyl halides is 2. The van der Waals surface area contributed by atoms with Crippen LogP contribution in [0, 0.1) is 11.6 Å². The van der Waals surface area contributed by atoms with E-state index in [0.717, 1.165) is 6.07 Å². The molecule has 1 aromatic rings. The number of carbonyl (C=O) groups is 1. The Labute approximate surface area is 143 Å². The van der Waals surface area contributed by atoms with Crippen molar-refractivity contribution in [2.24, 2.45) is 0 Å². The number of halogens is 4. The third-order valence-corrected chi connectivity index (χ3v) is 3.42. The topological polar surface area (TPSA) is 38.8 Å². The first-order chi connectivity index (χ1) is 11.6. The summed E-state index contributed by atoms with van der Waals surface area (Å²) in [5.41, 5.74) is -0.305. The Bertz CT molecular complexity index is 683. The van der Waals surface area contributed by atoms with E-state index in [9.17, 15) is 22.4 Å². The number of hydrogen-bond donors (Lipinski definition) is 0. The Morgan fingerprint density at radius 2 is 1.92 bits per heavy atom. The van der Waals surface area contributed by atoms with E-state index in [4.69, 9.17) is 4.74 Å². The van der Waals surface area contributed by atoms with Crippen LogP contribution in [0.4, 0.5) is 22.4 Å². The van der Waals surface area contributed by atoms with Crippen molar-refractivity contribution in [3.8, 4) is 5.75 Å². The lowest BCUT2D eigenvalue weighted by atomic mass is 9.98. The molecule has 1 amide bonds. The van der Waals surface area contributed by atoms with Gasteiger partial charge in [-0.05, 0) is 38.8 Å². The monoisotopic (exact) mass is 361 g/mol. The van der Waals surface area contributed by atoms with Crippen molar-refractivity contribution in [2.45, 2.75) is 39.4 Å². The fourth-order valence-corrected chi connectivity index (χ4v) is 2.41. The first kappa shape index (κ1) is 19.1. The van der Waals surface area contributed by atoms with Crippen molar-refractivity contribution in [3.63, 3.8) is 0 Å². The molecule has 0 unspecified atom stereocenters. The van der Waals surface area contributed by atoms with Crippen molar-refractivity contribution in [3.05, 3.63) is 35.4 Å². The van der Waals surface area contributed by atoms with Crippen LogP contribution >= 0.6 is 0 Å². The highest BCUT2D eigenvalue weighted by Gasteiger charge is 2.26. The average Bonchev–Trinajstić information content (AvgIpc) is 2.48. The van der Waals surface area contributed by atoms with Gasteiger partial charge in [-0.1, -0.05) is 6.08 Å². The Morgan fingerprint density at radius 3 is 2.44 bits per heavy atom. The smallest absolute Gasteiger partial charge is 0.410 e. The van der Waals surface area contributed by atoms with E-state index in [2.05, 4.69) is 4.74 Å². The molecule has 0 aromatic heterocycles. The fourth-order valence-electron chi connectivity index (χ4n) is 2.41. The summed E-state index contributed by atoms with van der Waals surface area (Å²) in [6.45, 7) is 2.34. The highest BCUT2D eigenvalue weighted by Crippen LogP contribution is 2.34. The van der Waals surface area contributed by atoms with Crippen molar-refractivity contribution in [1.82, 2.24) is 4.90 Å². The first-order valence-corrected chi connectivity index (χ1v) is 7.68. The summed E-state index contributed by atoms with van der Waals surface area (Å²) in [7, 11) is 0. The van der Waals surface area contributed by atoms with Gasteiger partial charge in [-0.25, -0.2) is 13.6 Å². The number of ether oxygens (including phenoxy) is 2. The largest absolute Gasteiger partial charge is 0.444 e. The quantitative estimate of drug-likeness (QED) is 0.739. The van der Waals surface area contributed by atoms with Gasteiger partial charge in [0.2, 0.25) is 0 Å². The van der Waals surface area contributed by atoms with Crippen molar-refractivity contribution < 1.29 is 31.8 Å². The lowest BCUT2D eigenvalue weighted by Crippen LogP contribution is -2.39. The number of nitrogens with zero attached hydrogens (tertiary/aromatic N) is 1. The van der Waals surface area contributed by atoms with Gasteiger partial charge in [0.05, 0.1) is 0 Å². The molecule has 1 aliphatic rings. The molecule has 0 saturated heterocycles. The summed E-state index contributed by atoms with van der Waals surface area (Å²) in [6, 6.07) is 1.42. The summed E-state index contributed by atoms with van der Waals surface area (Å²) in [6.07, 6.45) is 1.25. The summed E-state index contributed by atoms with van der Waals surface area (Å²) in [5, 5.41) is 0. The third-order valence-electron chi connectivity index (χ3n) is 3.42. The standard InChI is InChI=1S/C17H19F4NO3/c1-17(2,3)25-16(23)22-6-4-10(5-7-22)12-8-11(18)9-13(19)14(12)24-15(20)21/h4,8-9,15H,5-7H2,1-3H3. The predicted octanol–water partition coefficient (Wildman–Crippen LogP) is 4.59. The minimum absolute atomic E-state index is 0.0818. The van der Waals surface area contributed by atoms with E-state index in [1.54, 1.807) is 26.8 Å². The molecule has 0 bridgehead atoms. The second kappa shape index (κ2) is 7.33. The van der Waals surface area contributed by atoms with Crippen LogP contribution in [-0.4, -0.2) is 36.3 Å². The maximum Gasteiger partial charge on any atom is 0.410 e. The zero-order valence-electron chi connectivity index (χ0n) is 14.1. The van der Waals surface area contributed by atoms with E-state index in [1.807, 2.05) is 0 Å². The highest BCUT2D eigenvalue weighted by molar-refractivity contribution is 5.75. The molecule has 1 aliphatic heterocycles. The molecule has 2 rings (SSSR count). The van der Waals surface area contributed by atoms with Crippen LogP contribution in [-0.2, 0) is 4.74 Å². The maximum absolute atomic E-state index is 13.8. The first-order valence-electron chi connectivity index (χ1n) is 7.68. The number of carbonyl (C=O) groups excluding carboxylic acids is 1. The lowest BCUT2D eigenvalue weighted by molar-refractivity contribution is -0.0524. The molecule has 0 aliphatic carbocycles. The van der Waals surface area contributed by atoms with Gasteiger partial charge in [0.25, 0.3) is 0 Å². The van der Waals surface area contributed by atoms with Crippen molar-refractivity contribution in [1.29, 1.82) is 0 Å². The van der Waals surface area contributed by atoms with Crippen LogP contribution in [0.1, 0.15) is 32.8 Å². The molecule has 0 radical (unpaired) electrons. The van der Waals surface area contributed by atoms with E-state index in [-0.39, 0.29) is 25.1 Å². The zero-order valence-corrected chi connectivity index (χ0v) is 14.1. The van der Waals surface area contributed by atoms with Gasteiger partial charge in [-0.3, -0.25) is 0 Å². The fraction of sp³-hybridized carbons (Fsp3) is 0.471. The number of amides is 1. The molecule has 4 nitrogen and oxygen atoms in total. The SMILES string of the molecule is CC(C)(C)OC(=O)N1CC=C(c2cc(F)cc(F)c2OC(F)F)CC1. The molecular formula is C17H19F4NO3. The van der Waals surface area contributed by atoms with E-state index in [1.165, 1.54) is 4.90 Å². The van der Waals surface area contributed by atoms with Crippen LogP contribution < -0.4 is 4.74 Å². The molecule has 25 heavy (non-hydrogen) atoms. The Hall–Kier alpha value is -2.25. The lowest BCUT2D eigenvalue weighted by Gasteiger charge is -2.30. The minimum Gasteiger partial charge on any atom is -0.444 e.